The van der Waals surface area contributed by atoms with Crippen molar-refractivity contribution in [2.75, 3.05) is 31.1 Å². The van der Waals surface area contributed by atoms with Gasteiger partial charge in [0.05, 0.1) is 12.1 Å². The molecule has 1 saturated heterocycles. The first-order valence-corrected chi connectivity index (χ1v) is 12.7. The van der Waals surface area contributed by atoms with Crippen LogP contribution in [-0.4, -0.2) is 64.0 Å². The van der Waals surface area contributed by atoms with Gasteiger partial charge in [0.15, 0.2) is 0 Å². The molecule has 200 valence electrons. The molecule has 8 nitrogen and oxygen atoms in total. The molecule has 1 aliphatic rings. The Morgan fingerprint density at radius 1 is 1.03 bits per heavy atom. The van der Waals surface area contributed by atoms with Crippen molar-refractivity contribution in [3.8, 4) is 0 Å². The van der Waals surface area contributed by atoms with Crippen molar-refractivity contribution in [3.63, 3.8) is 0 Å². The standard InChI is InChI=1S/C23H24F5N5O3S/c1-16(22(34,13-32-15-29-14-30-32)20-7-4-18(24)12-21(20)25)37(35,36)33-10-8-31(9-11-33)19-5-2-17(3-6-19)23(26,27)28/h2-7,12,14-16,34H,8-11,13H2,1H3/t16-,22-/m1/s1. The van der Waals surface area contributed by atoms with Crippen molar-refractivity contribution in [3.05, 3.63) is 77.9 Å². The summed E-state index contributed by atoms with van der Waals surface area (Å²) in [7, 11) is -4.24. The first kappa shape index (κ1) is 26.9. The van der Waals surface area contributed by atoms with E-state index in [9.17, 15) is 35.5 Å². The summed E-state index contributed by atoms with van der Waals surface area (Å²) in [5, 5.41) is 13.9. The number of halogens is 5. The number of hydrogen-bond acceptors (Lipinski definition) is 6. The van der Waals surface area contributed by atoms with E-state index < -0.39 is 56.4 Å². The number of alkyl halides is 3. The quantitative estimate of drug-likeness (QED) is 0.459. The minimum Gasteiger partial charge on any atom is -0.382 e. The number of aromatic nitrogens is 3. The monoisotopic (exact) mass is 545 g/mol. The summed E-state index contributed by atoms with van der Waals surface area (Å²) in [6.45, 7) is 1.10. The van der Waals surface area contributed by atoms with Crippen LogP contribution in [0.15, 0.2) is 55.1 Å². The molecule has 0 bridgehead atoms. The molecule has 0 spiro atoms. The molecule has 2 atom stereocenters. The summed E-state index contributed by atoms with van der Waals surface area (Å²) in [5.74, 6) is -2.00. The average Bonchev–Trinajstić information content (AvgIpc) is 3.36. The van der Waals surface area contributed by atoms with Gasteiger partial charge in [0.2, 0.25) is 10.0 Å². The van der Waals surface area contributed by atoms with Gasteiger partial charge in [-0.15, -0.1) is 0 Å². The first-order chi connectivity index (χ1) is 17.3. The molecule has 0 amide bonds. The topological polar surface area (TPSA) is 91.6 Å². The minimum atomic E-state index is -4.46. The summed E-state index contributed by atoms with van der Waals surface area (Å²) >= 11 is 0. The fourth-order valence-electron chi connectivity index (χ4n) is 4.37. The zero-order valence-electron chi connectivity index (χ0n) is 19.6. The van der Waals surface area contributed by atoms with Gasteiger partial charge in [-0.25, -0.2) is 26.9 Å². The Bertz CT molecular complexity index is 1330. The number of hydrogen-bond donors (Lipinski definition) is 1. The molecule has 14 heteroatoms. The van der Waals surface area contributed by atoms with E-state index in [0.29, 0.717) is 11.8 Å². The van der Waals surface area contributed by atoms with Crippen molar-refractivity contribution in [1.82, 2.24) is 19.1 Å². The number of aliphatic hydroxyl groups is 1. The van der Waals surface area contributed by atoms with E-state index in [2.05, 4.69) is 10.1 Å². The third-order valence-electron chi connectivity index (χ3n) is 6.54. The van der Waals surface area contributed by atoms with E-state index in [1.165, 1.54) is 31.7 Å². The molecular weight excluding hydrogens is 521 g/mol. The van der Waals surface area contributed by atoms with E-state index in [4.69, 9.17) is 0 Å². The van der Waals surface area contributed by atoms with Gasteiger partial charge < -0.3 is 10.0 Å². The summed E-state index contributed by atoms with van der Waals surface area (Å²) in [5.41, 5.74) is -3.03. The van der Waals surface area contributed by atoms with Crippen LogP contribution in [0.25, 0.3) is 0 Å². The van der Waals surface area contributed by atoms with Crippen LogP contribution < -0.4 is 4.90 Å². The van der Waals surface area contributed by atoms with Gasteiger partial charge in [0, 0.05) is 43.5 Å². The molecule has 37 heavy (non-hydrogen) atoms. The van der Waals surface area contributed by atoms with Gasteiger partial charge >= 0.3 is 6.18 Å². The molecule has 1 N–H and O–H groups in total. The Hall–Kier alpha value is -3.10. The number of sulfonamides is 1. The SMILES string of the molecule is C[C@H]([C@](O)(Cn1cncn1)c1ccc(F)cc1F)S(=O)(=O)N1CCN(c2ccc(C(F)(F)F)cc2)CC1. The Labute approximate surface area is 210 Å². The van der Waals surface area contributed by atoms with E-state index >= 15 is 0 Å². The third-order valence-corrected chi connectivity index (χ3v) is 8.91. The highest BCUT2D eigenvalue weighted by Gasteiger charge is 2.48. The van der Waals surface area contributed by atoms with Crippen LogP contribution in [0.1, 0.15) is 18.1 Å². The second kappa shape index (κ2) is 9.99. The second-order valence-electron chi connectivity index (χ2n) is 8.76. The average molecular weight is 546 g/mol. The van der Waals surface area contributed by atoms with Gasteiger partial charge in [0.25, 0.3) is 0 Å². The lowest BCUT2D eigenvalue weighted by Crippen LogP contribution is -2.56. The third kappa shape index (κ3) is 5.45. The highest BCUT2D eigenvalue weighted by molar-refractivity contribution is 7.89. The van der Waals surface area contributed by atoms with Crippen LogP contribution in [0.2, 0.25) is 0 Å². The molecule has 0 aliphatic carbocycles. The normalized spacial score (nSPS) is 18.0. The maximum absolute atomic E-state index is 14.8. The van der Waals surface area contributed by atoms with Crippen molar-refractivity contribution < 1.29 is 35.5 Å². The van der Waals surface area contributed by atoms with E-state index in [1.807, 2.05) is 0 Å². The molecule has 1 aliphatic heterocycles. The summed E-state index contributed by atoms with van der Waals surface area (Å²) in [6, 6.07) is 7.05. The van der Waals surface area contributed by atoms with E-state index in [0.717, 1.165) is 33.3 Å². The van der Waals surface area contributed by atoms with Gasteiger partial charge in [-0.2, -0.15) is 22.6 Å². The molecule has 0 unspecified atom stereocenters. The number of rotatable bonds is 7. The van der Waals surface area contributed by atoms with Crippen LogP contribution in [-0.2, 0) is 28.3 Å². The predicted octanol–water partition coefficient (Wildman–Crippen LogP) is 3.00. The molecule has 2 aromatic carbocycles. The minimum absolute atomic E-state index is 0.0149. The number of piperazine rings is 1. The lowest BCUT2D eigenvalue weighted by Gasteiger charge is -2.40. The lowest BCUT2D eigenvalue weighted by atomic mass is 9.90. The van der Waals surface area contributed by atoms with Crippen LogP contribution in [0, 0.1) is 11.6 Å². The Morgan fingerprint density at radius 2 is 1.68 bits per heavy atom. The maximum Gasteiger partial charge on any atom is 0.416 e. The zero-order chi connectivity index (χ0) is 27.0. The van der Waals surface area contributed by atoms with Gasteiger partial charge in [-0.1, -0.05) is 6.07 Å². The molecule has 1 aromatic heterocycles. The van der Waals surface area contributed by atoms with Crippen LogP contribution in [0.3, 0.4) is 0 Å². The summed E-state index contributed by atoms with van der Waals surface area (Å²) in [6.07, 6.45) is -2.07. The van der Waals surface area contributed by atoms with Crippen LogP contribution in [0.4, 0.5) is 27.6 Å². The molecule has 0 saturated carbocycles. The van der Waals surface area contributed by atoms with Crippen LogP contribution >= 0.6 is 0 Å². The summed E-state index contributed by atoms with van der Waals surface area (Å²) < 4.78 is 96.3. The van der Waals surface area contributed by atoms with Crippen molar-refractivity contribution in [1.29, 1.82) is 0 Å². The number of nitrogens with zero attached hydrogens (tertiary/aromatic N) is 5. The Morgan fingerprint density at radius 3 is 2.22 bits per heavy atom. The molecular formula is C23H24F5N5O3S. The zero-order valence-corrected chi connectivity index (χ0v) is 20.4. The van der Waals surface area contributed by atoms with Crippen molar-refractivity contribution >= 4 is 15.7 Å². The Kier molecular flexibility index (Phi) is 7.27. The van der Waals surface area contributed by atoms with Crippen LogP contribution in [0.5, 0.6) is 0 Å². The lowest BCUT2D eigenvalue weighted by molar-refractivity contribution is -0.137. The van der Waals surface area contributed by atoms with Gasteiger partial charge in [-0.3, -0.25) is 0 Å². The molecule has 1 fully saturated rings. The summed E-state index contributed by atoms with van der Waals surface area (Å²) in [4.78, 5) is 5.51. The first-order valence-electron chi connectivity index (χ1n) is 11.2. The molecule has 3 aromatic rings. The number of anilines is 1. The largest absolute Gasteiger partial charge is 0.416 e. The molecule has 2 heterocycles. The smallest absolute Gasteiger partial charge is 0.382 e. The van der Waals surface area contributed by atoms with Crippen molar-refractivity contribution in [2.45, 2.75) is 30.5 Å². The van der Waals surface area contributed by atoms with Crippen molar-refractivity contribution in [2.24, 2.45) is 0 Å². The maximum atomic E-state index is 14.8. The van der Waals surface area contributed by atoms with Gasteiger partial charge in [-0.05, 0) is 37.3 Å². The van der Waals surface area contributed by atoms with E-state index in [1.54, 1.807) is 4.90 Å². The Balaban J connectivity index is 1.56. The second-order valence-corrected chi connectivity index (χ2v) is 11.0. The van der Waals surface area contributed by atoms with Gasteiger partial charge in [0.1, 0.15) is 35.1 Å². The molecule has 0 radical (unpaired) electrons. The highest BCUT2D eigenvalue weighted by atomic mass is 32.2. The molecule has 4 rings (SSSR count). The number of benzene rings is 2. The fourth-order valence-corrected chi connectivity index (χ4v) is 6.18. The fraction of sp³-hybridized carbons (Fsp3) is 0.391. The predicted molar refractivity (Wildman–Crippen MR) is 124 cm³/mol. The van der Waals surface area contributed by atoms with E-state index in [-0.39, 0.29) is 26.2 Å². The highest BCUT2D eigenvalue weighted by Crippen LogP contribution is 2.35.